The maximum absolute atomic E-state index is 11.8. The van der Waals surface area contributed by atoms with Gasteiger partial charge in [-0.15, -0.1) is 0 Å². The summed E-state index contributed by atoms with van der Waals surface area (Å²) < 4.78 is 0. The zero-order chi connectivity index (χ0) is 12.0. The number of hydrogen-bond acceptors (Lipinski definition) is 2. The van der Waals surface area contributed by atoms with E-state index in [1.165, 1.54) is 0 Å². The van der Waals surface area contributed by atoms with Crippen molar-refractivity contribution in [3.8, 4) is 0 Å². The summed E-state index contributed by atoms with van der Waals surface area (Å²) in [5.74, 6) is 0.653. The van der Waals surface area contributed by atoms with E-state index in [-0.39, 0.29) is 30.4 Å². The molecule has 4 unspecified atom stereocenters. The van der Waals surface area contributed by atoms with Gasteiger partial charge in [-0.2, -0.15) is 0 Å². The van der Waals surface area contributed by atoms with E-state index >= 15 is 0 Å². The van der Waals surface area contributed by atoms with E-state index in [1.54, 1.807) is 0 Å². The van der Waals surface area contributed by atoms with Gasteiger partial charge >= 0.3 is 0 Å². The van der Waals surface area contributed by atoms with Crippen LogP contribution in [-0.4, -0.2) is 23.7 Å². The van der Waals surface area contributed by atoms with Crippen LogP contribution in [0.3, 0.4) is 0 Å². The van der Waals surface area contributed by atoms with Gasteiger partial charge in [0, 0.05) is 18.6 Å². The lowest BCUT2D eigenvalue weighted by Crippen LogP contribution is -2.42. The monoisotopic (exact) mass is 215 g/mol. The average molecular weight is 215 g/mol. The normalized spacial score (nSPS) is 19.1. The van der Waals surface area contributed by atoms with E-state index in [9.17, 15) is 4.79 Å². The fourth-order valence-electron chi connectivity index (χ4n) is 1.27. The summed E-state index contributed by atoms with van der Waals surface area (Å²) >= 11 is 0. The van der Waals surface area contributed by atoms with Crippen LogP contribution in [0.1, 0.15) is 41.0 Å². The van der Waals surface area contributed by atoms with Crippen molar-refractivity contribution in [1.82, 2.24) is 5.32 Å². The quantitative estimate of drug-likeness (QED) is 0.710. The average Bonchev–Trinajstić information content (AvgIpc) is 2.25. The summed E-state index contributed by atoms with van der Waals surface area (Å²) in [4.78, 5) is 11.8. The molecule has 0 aliphatic carbocycles. The molecule has 0 fully saturated rings. The van der Waals surface area contributed by atoms with Crippen molar-refractivity contribution >= 4 is 5.91 Å². The third-order valence-corrected chi connectivity index (χ3v) is 3.42. The molecule has 1 amide bonds. The standard InChI is InChI=1S/C12H25NO2/c1-6-8(2)10(4)12(15)13-11(5)9(3)7-14/h8-11,14H,6-7H2,1-5H3,(H,13,15). The Balaban J connectivity index is 4.12. The number of hydrogen-bond donors (Lipinski definition) is 2. The molecule has 15 heavy (non-hydrogen) atoms. The number of aliphatic hydroxyl groups excluding tert-OH is 1. The highest BCUT2D eigenvalue weighted by molar-refractivity contribution is 5.78. The molecule has 0 radical (unpaired) electrons. The second-order valence-corrected chi connectivity index (χ2v) is 4.63. The minimum atomic E-state index is 0.0361. The van der Waals surface area contributed by atoms with Crippen molar-refractivity contribution in [2.24, 2.45) is 17.8 Å². The summed E-state index contributed by atoms with van der Waals surface area (Å²) in [7, 11) is 0. The highest BCUT2D eigenvalue weighted by Crippen LogP contribution is 2.15. The van der Waals surface area contributed by atoms with Crippen molar-refractivity contribution in [1.29, 1.82) is 0 Å². The van der Waals surface area contributed by atoms with E-state index < -0.39 is 0 Å². The molecule has 0 aromatic rings. The van der Waals surface area contributed by atoms with Gasteiger partial charge in [-0.3, -0.25) is 4.79 Å². The number of carbonyl (C=O) groups is 1. The maximum Gasteiger partial charge on any atom is 0.223 e. The molecule has 0 spiro atoms. The predicted octanol–water partition coefficient (Wildman–Crippen LogP) is 1.80. The van der Waals surface area contributed by atoms with Gasteiger partial charge in [0.2, 0.25) is 5.91 Å². The van der Waals surface area contributed by atoms with Crippen LogP contribution in [0.2, 0.25) is 0 Å². The molecule has 0 rings (SSSR count). The summed E-state index contributed by atoms with van der Waals surface area (Å²) in [6.45, 7) is 10.1. The Morgan fingerprint density at radius 1 is 1.20 bits per heavy atom. The van der Waals surface area contributed by atoms with Crippen LogP contribution in [0.25, 0.3) is 0 Å². The lowest BCUT2D eigenvalue weighted by atomic mass is 9.92. The first kappa shape index (κ1) is 14.4. The first-order valence-electron chi connectivity index (χ1n) is 5.85. The molecule has 0 aliphatic rings. The van der Waals surface area contributed by atoms with Crippen molar-refractivity contribution in [3.05, 3.63) is 0 Å². The fraction of sp³-hybridized carbons (Fsp3) is 0.917. The Kier molecular flexibility index (Phi) is 6.57. The van der Waals surface area contributed by atoms with E-state index in [4.69, 9.17) is 5.11 Å². The molecule has 0 aliphatic heterocycles. The Labute approximate surface area is 93.3 Å². The summed E-state index contributed by atoms with van der Waals surface area (Å²) in [6.07, 6.45) is 1.01. The minimum absolute atomic E-state index is 0.0361. The summed E-state index contributed by atoms with van der Waals surface area (Å²) in [5.41, 5.74) is 0. The Morgan fingerprint density at radius 3 is 2.13 bits per heavy atom. The second kappa shape index (κ2) is 6.83. The van der Waals surface area contributed by atoms with Gasteiger partial charge in [0.15, 0.2) is 0 Å². The van der Waals surface area contributed by atoms with E-state index in [0.717, 1.165) is 6.42 Å². The fourth-order valence-corrected chi connectivity index (χ4v) is 1.27. The summed E-state index contributed by atoms with van der Waals surface area (Å²) in [6, 6.07) is 0.0361. The number of nitrogens with one attached hydrogen (secondary N) is 1. The van der Waals surface area contributed by atoms with Gasteiger partial charge in [0.05, 0.1) is 0 Å². The topological polar surface area (TPSA) is 49.3 Å². The second-order valence-electron chi connectivity index (χ2n) is 4.63. The van der Waals surface area contributed by atoms with Gasteiger partial charge in [-0.25, -0.2) is 0 Å². The Morgan fingerprint density at radius 2 is 1.73 bits per heavy atom. The van der Waals surface area contributed by atoms with Gasteiger partial charge in [0.25, 0.3) is 0 Å². The third-order valence-electron chi connectivity index (χ3n) is 3.42. The molecule has 0 aromatic heterocycles. The zero-order valence-electron chi connectivity index (χ0n) is 10.6. The van der Waals surface area contributed by atoms with Crippen molar-refractivity contribution < 1.29 is 9.90 Å². The molecule has 3 heteroatoms. The van der Waals surface area contributed by atoms with Gasteiger partial charge in [-0.1, -0.05) is 34.1 Å². The van der Waals surface area contributed by atoms with Crippen LogP contribution >= 0.6 is 0 Å². The van der Waals surface area contributed by atoms with Crippen LogP contribution in [0, 0.1) is 17.8 Å². The van der Waals surface area contributed by atoms with Crippen molar-refractivity contribution in [3.63, 3.8) is 0 Å². The van der Waals surface area contributed by atoms with Crippen LogP contribution in [-0.2, 0) is 4.79 Å². The van der Waals surface area contributed by atoms with Crippen molar-refractivity contribution in [2.75, 3.05) is 6.61 Å². The smallest absolute Gasteiger partial charge is 0.223 e. The molecule has 0 saturated carbocycles. The number of amides is 1. The molecule has 4 atom stereocenters. The predicted molar refractivity (Wildman–Crippen MR) is 62.5 cm³/mol. The largest absolute Gasteiger partial charge is 0.396 e. The van der Waals surface area contributed by atoms with E-state index in [0.29, 0.717) is 5.92 Å². The molecule has 3 nitrogen and oxygen atoms in total. The van der Waals surface area contributed by atoms with Crippen LogP contribution in [0.5, 0.6) is 0 Å². The Hall–Kier alpha value is -0.570. The Bertz CT molecular complexity index is 194. The lowest BCUT2D eigenvalue weighted by Gasteiger charge is -2.24. The van der Waals surface area contributed by atoms with Gasteiger partial charge < -0.3 is 10.4 Å². The zero-order valence-corrected chi connectivity index (χ0v) is 10.6. The molecule has 2 N–H and O–H groups in total. The van der Waals surface area contributed by atoms with E-state index in [1.807, 2.05) is 20.8 Å². The first-order valence-corrected chi connectivity index (χ1v) is 5.85. The molecule has 90 valence electrons. The molecule has 0 saturated heterocycles. The first-order chi connectivity index (χ1) is 6.93. The summed E-state index contributed by atoms with van der Waals surface area (Å²) in [5, 5.41) is 11.9. The highest BCUT2D eigenvalue weighted by atomic mass is 16.3. The highest BCUT2D eigenvalue weighted by Gasteiger charge is 2.21. The number of rotatable bonds is 6. The maximum atomic E-state index is 11.8. The van der Waals surface area contributed by atoms with Gasteiger partial charge in [0.1, 0.15) is 0 Å². The third kappa shape index (κ3) is 4.65. The molecular formula is C12H25NO2. The number of aliphatic hydroxyl groups is 1. The van der Waals surface area contributed by atoms with Crippen molar-refractivity contribution in [2.45, 2.75) is 47.1 Å². The number of carbonyl (C=O) groups excluding carboxylic acids is 1. The van der Waals surface area contributed by atoms with Crippen LogP contribution in [0.4, 0.5) is 0 Å². The molecule has 0 bridgehead atoms. The van der Waals surface area contributed by atoms with Crippen LogP contribution in [0.15, 0.2) is 0 Å². The van der Waals surface area contributed by atoms with Gasteiger partial charge in [-0.05, 0) is 18.8 Å². The van der Waals surface area contributed by atoms with E-state index in [2.05, 4.69) is 19.2 Å². The molecule has 0 aromatic carbocycles. The minimum Gasteiger partial charge on any atom is -0.396 e. The molecular weight excluding hydrogens is 190 g/mol. The molecule has 0 heterocycles. The lowest BCUT2D eigenvalue weighted by molar-refractivity contribution is -0.126. The van der Waals surface area contributed by atoms with Crippen LogP contribution < -0.4 is 5.32 Å². The SMILES string of the molecule is CCC(C)C(C)C(=O)NC(C)C(C)CO.